The Morgan fingerprint density at radius 1 is 1.46 bits per heavy atom. The second-order valence-electron chi connectivity index (χ2n) is 3.78. The number of esters is 1. The van der Waals surface area contributed by atoms with Crippen LogP contribution in [0.15, 0.2) is 12.2 Å². The molecule has 2 bridgehead atoms. The second kappa shape index (κ2) is 3.50. The fourth-order valence-electron chi connectivity index (χ4n) is 2.31. The van der Waals surface area contributed by atoms with Crippen LogP contribution in [0.5, 0.6) is 0 Å². The van der Waals surface area contributed by atoms with Gasteiger partial charge in [-0.3, -0.25) is 4.79 Å². The third-order valence-electron chi connectivity index (χ3n) is 2.92. The van der Waals surface area contributed by atoms with Gasteiger partial charge in [-0.2, -0.15) is 0 Å². The van der Waals surface area contributed by atoms with Crippen molar-refractivity contribution in [2.24, 2.45) is 17.8 Å². The predicted molar refractivity (Wildman–Crippen MR) is 46.9 cm³/mol. The van der Waals surface area contributed by atoms with Crippen LogP contribution in [0.25, 0.3) is 0 Å². The molecule has 0 aromatic rings. The Hall–Kier alpha value is -0.830. The van der Waals surface area contributed by atoms with Gasteiger partial charge in [-0.05, 0) is 24.7 Å². The van der Waals surface area contributed by atoms with Gasteiger partial charge in [-0.25, -0.2) is 0 Å². The van der Waals surface area contributed by atoms with Gasteiger partial charge in [0, 0.05) is 0 Å². The number of hydrogen-bond donors (Lipinski definition) is 1. The molecule has 1 saturated carbocycles. The molecule has 3 nitrogen and oxygen atoms in total. The van der Waals surface area contributed by atoms with E-state index in [1.165, 1.54) is 0 Å². The van der Waals surface area contributed by atoms with Crippen molar-refractivity contribution < 1.29 is 14.6 Å². The van der Waals surface area contributed by atoms with Crippen molar-refractivity contribution in [3.05, 3.63) is 12.2 Å². The maximum absolute atomic E-state index is 11.4. The lowest BCUT2D eigenvalue weighted by Crippen LogP contribution is -2.22. The van der Waals surface area contributed by atoms with Crippen LogP contribution < -0.4 is 0 Å². The van der Waals surface area contributed by atoms with E-state index in [4.69, 9.17) is 9.84 Å². The summed E-state index contributed by atoms with van der Waals surface area (Å²) in [7, 11) is 0. The number of aliphatic hydroxyl groups excluding tert-OH is 1. The maximum Gasteiger partial charge on any atom is 0.309 e. The first-order valence-electron chi connectivity index (χ1n) is 4.77. The van der Waals surface area contributed by atoms with Gasteiger partial charge in [-0.1, -0.05) is 12.2 Å². The first-order valence-corrected chi connectivity index (χ1v) is 4.77. The normalized spacial score (nSPS) is 35.3. The molecule has 3 atom stereocenters. The van der Waals surface area contributed by atoms with Gasteiger partial charge < -0.3 is 9.84 Å². The summed E-state index contributed by atoms with van der Waals surface area (Å²) in [5.74, 6) is 0.917. The summed E-state index contributed by atoms with van der Waals surface area (Å²) >= 11 is 0. The SMILES string of the molecule is O=C(OCCO)C1C[C@@H]2C=C[C@H]1C2. The van der Waals surface area contributed by atoms with Crippen molar-refractivity contribution >= 4 is 5.97 Å². The number of aliphatic hydroxyl groups is 1. The number of fused-ring (bicyclic) bond motifs is 2. The molecule has 0 amide bonds. The minimum Gasteiger partial charge on any atom is -0.463 e. The van der Waals surface area contributed by atoms with Crippen LogP contribution in [0.4, 0.5) is 0 Å². The highest BCUT2D eigenvalue weighted by Crippen LogP contribution is 2.43. The van der Waals surface area contributed by atoms with E-state index in [0.29, 0.717) is 11.8 Å². The molecule has 0 saturated heterocycles. The zero-order valence-electron chi connectivity index (χ0n) is 7.48. The Morgan fingerprint density at radius 3 is 2.85 bits per heavy atom. The Bertz CT molecular complexity index is 234. The minimum absolute atomic E-state index is 0.0570. The molecule has 0 radical (unpaired) electrons. The van der Waals surface area contributed by atoms with E-state index < -0.39 is 0 Å². The molecule has 1 N–H and O–H groups in total. The number of ether oxygens (including phenoxy) is 1. The van der Waals surface area contributed by atoms with Gasteiger partial charge in [0.15, 0.2) is 0 Å². The second-order valence-corrected chi connectivity index (χ2v) is 3.78. The van der Waals surface area contributed by atoms with Crippen LogP contribution in [-0.2, 0) is 9.53 Å². The molecule has 2 aliphatic carbocycles. The topological polar surface area (TPSA) is 46.5 Å². The number of carbonyl (C=O) groups excluding carboxylic acids is 1. The predicted octanol–water partition coefficient (Wildman–Crippen LogP) is 0.734. The van der Waals surface area contributed by atoms with E-state index in [-0.39, 0.29) is 25.1 Å². The number of hydrogen-bond acceptors (Lipinski definition) is 3. The average Bonchev–Trinajstić information content (AvgIpc) is 2.74. The van der Waals surface area contributed by atoms with Crippen LogP contribution in [0, 0.1) is 17.8 Å². The van der Waals surface area contributed by atoms with Gasteiger partial charge in [0.1, 0.15) is 6.61 Å². The van der Waals surface area contributed by atoms with E-state index in [9.17, 15) is 4.79 Å². The van der Waals surface area contributed by atoms with Gasteiger partial charge in [-0.15, -0.1) is 0 Å². The van der Waals surface area contributed by atoms with Crippen molar-refractivity contribution in [3.8, 4) is 0 Å². The number of allylic oxidation sites excluding steroid dienone is 2. The smallest absolute Gasteiger partial charge is 0.309 e. The molecule has 13 heavy (non-hydrogen) atoms. The van der Waals surface area contributed by atoms with Gasteiger partial charge >= 0.3 is 5.97 Å². The van der Waals surface area contributed by atoms with E-state index in [1.54, 1.807) is 0 Å². The largest absolute Gasteiger partial charge is 0.463 e. The van der Waals surface area contributed by atoms with Crippen molar-refractivity contribution in [2.45, 2.75) is 12.8 Å². The van der Waals surface area contributed by atoms with Gasteiger partial charge in [0.2, 0.25) is 0 Å². The van der Waals surface area contributed by atoms with E-state index >= 15 is 0 Å². The molecule has 2 aliphatic rings. The lowest BCUT2D eigenvalue weighted by atomic mass is 9.94. The van der Waals surface area contributed by atoms with E-state index in [0.717, 1.165) is 12.8 Å². The highest BCUT2D eigenvalue weighted by atomic mass is 16.5. The zero-order valence-corrected chi connectivity index (χ0v) is 7.48. The monoisotopic (exact) mass is 182 g/mol. The molecule has 1 fully saturated rings. The lowest BCUT2D eigenvalue weighted by molar-refractivity contribution is -0.150. The van der Waals surface area contributed by atoms with Gasteiger partial charge in [0.05, 0.1) is 12.5 Å². The highest BCUT2D eigenvalue weighted by molar-refractivity contribution is 5.74. The van der Waals surface area contributed by atoms with Gasteiger partial charge in [0.25, 0.3) is 0 Å². The molecular weight excluding hydrogens is 168 g/mol. The fraction of sp³-hybridized carbons (Fsp3) is 0.700. The minimum atomic E-state index is -0.133. The summed E-state index contributed by atoms with van der Waals surface area (Å²) in [4.78, 5) is 11.4. The van der Waals surface area contributed by atoms with Crippen molar-refractivity contribution in [1.29, 1.82) is 0 Å². The van der Waals surface area contributed by atoms with E-state index in [2.05, 4.69) is 12.2 Å². The summed E-state index contributed by atoms with van der Waals surface area (Å²) in [5, 5.41) is 8.50. The summed E-state index contributed by atoms with van der Waals surface area (Å²) in [6.45, 7) is 0.0544. The van der Waals surface area contributed by atoms with Crippen LogP contribution in [0.1, 0.15) is 12.8 Å². The van der Waals surface area contributed by atoms with E-state index in [1.807, 2.05) is 0 Å². The summed E-state index contributed by atoms with van der Waals surface area (Å²) in [5.41, 5.74) is 0. The summed E-state index contributed by atoms with van der Waals surface area (Å²) < 4.78 is 4.90. The Labute approximate surface area is 77.4 Å². The number of carbonyl (C=O) groups is 1. The molecule has 0 aromatic heterocycles. The molecule has 3 heteroatoms. The van der Waals surface area contributed by atoms with Crippen LogP contribution in [0.3, 0.4) is 0 Å². The molecular formula is C10H14O3. The highest BCUT2D eigenvalue weighted by Gasteiger charge is 2.40. The van der Waals surface area contributed by atoms with Crippen molar-refractivity contribution in [3.63, 3.8) is 0 Å². The molecule has 0 heterocycles. The molecule has 0 aliphatic heterocycles. The van der Waals surface area contributed by atoms with Crippen LogP contribution >= 0.6 is 0 Å². The van der Waals surface area contributed by atoms with Crippen molar-refractivity contribution in [1.82, 2.24) is 0 Å². The average molecular weight is 182 g/mol. The molecule has 0 spiro atoms. The van der Waals surface area contributed by atoms with Crippen LogP contribution in [-0.4, -0.2) is 24.3 Å². The molecule has 1 unspecified atom stereocenters. The lowest BCUT2D eigenvalue weighted by Gasteiger charge is -2.15. The number of rotatable bonds is 3. The zero-order chi connectivity index (χ0) is 9.26. The molecule has 0 aromatic carbocycles. The quantitative estimate of drug-likeness (QED) is 0.517. The Morgan fingerprint density at radius 2 is 2.31 bits per heavy atom. The van der Waals surface area contributed by atoms with Crippen LogP contribution in [0.2, 0.25) is 0 Å². The summed E-state index contributed by atoms with van der Waals surface area (Å²) in [6.07, 6.45) is 6.36. The third-order valence-corrected chi connectivity index (χ3v) is 2.92. The first-order chi connectivity index (χ1) is 6.31. The Kier molecular flexibility index (Phi) is 2.36. The third kappa shape index (κ3) is 1.61. The first kappa shape index (κ1) is 8.75. The maximum atomic E-state index is 11.4. The Balaban J connectivity index is 1.88. The molecule has 2 rings (SSSR count). The standard InChI is InChI=1S/C10H14O3/c11-3-4-13-10(12)9-6-7-1-2-8(9)5-7/h1-2,7-9,11H,3-6H2/t7-,8+,9?/m1/s1. The molecule has 72 valence electrons. The fourth-order valence-corrected chi connectivity index (χ4v) is 2.31. The van der Waals surface area contributed by atoms with Crippen molar-refractivity contribution in [2.75, 3.05) is 13.2 Å². The summed E-state index contributed by atoms with van der Waals surface area (Å²) in [6, 6.07) is 0.